The van der Waals surface area contributed by atoms with Crippen molar-refractivity contribution in [1.82, 2.24) is 5.32 Å². The van der Waals surface area contributed by atoms with Crippen LogP contribution in [0.1, 0.15) is 37.8 Å². The summed E-state index contributed by atoms with van der Waals surface area (Å²) in [7, 11) is 1.72. The Kier molecular flexibility index (Phi) is 4.53. The average molecular weight is 269 g/mol. The van der Waals surface area contributed by atoms with Gasteiger partial charge in [-0.3, -0.25) is 0 Å². The Morgan fingerprint density at radius 1 is 1.32 bits per heavy atom. The van der Waals surface area contributed by atoms with Crippen molar-refractivity contribution in [2.24, 2.45) is 5.41 Å². The highest BCUT2D eigenvalue weighted by atomic mass is 19.2. The van der Waals surface area contributed by atoms with Crippen LogP contribution in [-0.4, -0.2) is 20.3 Å². The lowest BCUT2D eigenvalue weighted by atomic mass is 10.0. The van der Waals surface area contributed by atoms with Crippen LogP contribution in [0.25, 0.3) is 0 Å². The molecule has 2 rings (SSSR count). The SMILES string of the molecule is COCCC1(CNC(C)c2ccc(F)c(F)c2)CC1. The van der Waals surface area contributed by atoms with Crippen molar-refractivity contribution >= 4 is 0 Å². The van der Waals surface area contributed by atoms with Gasteiger partial charge in [0.1, 0.15) is 0 Å². The number of rotatable bonds is 7. The van der Waals surface area contributed by atoms with Crippen molar-refractivity contribution in [2.75, 3.05) is 20.3 Å². The topological polar surface area (TPSA) is 21.3 Å². The molecule has 0 aromatic heterocycles. The van der Waals surface area contributed by atoms with Crippen molar-refractivity contribution < 1.29 is 13.5 Å². The van der Waals surface area contributed by atoms with E-state index in [2.05, 4.69) is 5.32 Å². The first-order valence-electron chi connectivity index (χ1n) is 6.74. The van der Waals surface area contributed by atoms with Crippen LogP contribution in [0.3, 0.4) is 0 Å². The van der Waals surface area contributed by atoms with Crippen LogP contribution in [0, 0.1) is 17.0 Å². The predicted octanol–water partition coefficient (Wildman–Crippen LogP) is 3.43. The van der Waals surface area contributed by atoms with Gasteiger partial charge in [0.15, 0.2) is 11.6 Å². The predicted molar refractivity (Wildman–Crippen MR) is 70.9 cm³/mol. The van der Waals surface area contributed by atoms with E-state index >= 15 is 0 Å². The molecule has 0 heterocycles. The molecule has 2 nitrogen and oxygen atoms in total. The average Bonchev–Trinajstić information content (AvgIpc) is 3.17. The molecular weight excluding hydrogens is 248 g/mol. The van der Waals surface area contributed by atoms with E-state index in [0.717, 1.165) is 25.1 Å². The maximum atomic E-state index is 13.2. The minimum absolute atomic E-state index is 0.0233. The van der Waals surface area contributed by atoms with Crippen LogP contribution in [0.2, 0.25) is 0 Å². The number of halogens is 2. The Hall–Kier alpha value is -1.00. The van der Waals surface area contributed by atoms with Gasteiger partial charge in [-0.25, -0.2) is 8.78 Å². The summed E-state index contributed by atoms with van der Waals surface area (Å²) in [6.45, 7) is 3.65. The summed E-state index contributed by atoms with van der Waals surface area (Å²) >= 11 is 0. The van der Waals surface area contributed by atoms with E-state index in [1.54, 1.807) is 13.2 Å². The number of hydrogen-bond donors (Lipinski definition) is 1. The molecular formula is C15H21F2NO. The normalized spacial score (nSPS) is 18.3. The lowest BCUT2D eigenvalue weighted by molar-refractivity contribution is 0.170. The van der Waals surface area contributed by atoms with E-state index < -0.39 is 11.6 Å². The Bertz CT molecular complexity index is 432. The van der Waals surface area contributed by atoms with Crippen molar-refractivity contribution in [3.63, 3.8) is 0 Å². The summed E-state index contributed by atoms with van der Waals surface area (Å²) in [4.78, 5) is 0. The summed E-state index contributed by atoms with van der Waals surface area (Å²) in [5.41, 5.74) is 1.13. The Labute approximate surface area is 113 Å². The molecule has 0 radical (unpaired) electrons. The highest BCUT2D eigenvalue weighted by Gasteiger charge is 2.41. The van der Waals surface area contributed by atoms with Crippen LogP contribution in [-0.2, 0) is 4.74 Å². The molecule has 0 amide bonds. The van der Waals surface area contributed by atoms with E-state index in [4.69, 9.17) is 4.74 Å². The third kappa shape index (κ3) is 3.74. The molecule has 0 bridgehead atoms. The first kappa shape index (κ1) is 14.4. The third-order valence-electron chi connectivity index (χ3n) is 4.02. The molecule has 1 aromatic carbocycles. The molecule has 1 saturated carbocycles. The van der Waals surface area contributed by atoms with Gasteiger partial charge in [-0.15, -0.1) is 0 Å². The number of nitrogens with one attached hydrogen (secondary N) is 1. The number of ether oxygens (including phenoxy) is 1. The third-order valence-corrected chi connectivity index (χ3v) is 4.02. The molecule has 19 heavy (non-hydrogen) atoms. The molecule has 0 aliphatic heterocycles. The van der Waals surface area contributed by atoms with E-state index in [1.165, 1.54) is 25.0 Å². The van der Waals surface area contributed by atoms with Crippen molar-refractivity contribution in [3.8, 4) is 0 Å². The number of methoxy groups -OCH3 is 1. The fourth-order valence-electron chi connectivity index (χ4n) is 2.28. The zero-order valence-corrected chi connectivity index (χ0v) is 11.5. The summed E-state index contributed by atoms with van der Waals surface area (Å²) in [5.74, 6) is -1.58. The largest absolute Gasteiger partial charge is 0.385 e. The molecule has 1 N–H and O–H groups in total. The van der Waals surface area contributed by atoms with E-state index in [-0.39, 0.29) is 6.04 Å². The summed E-state index contributed by atoms with van der Waals surface area (Å²) in [5, 5.41) is 3.41. The van der Waals surface area contributed by atoms with Crippen LogP contribution in [0.15, 0.2) is 18.2 Å². The standard InChI is InChI=1S/C15H21F2NO/c1-11(12-3-4-13(16)14(17)9-12)18-10-15(5-6-15)7-8-19-2/h3-4,9,11,18H,5-8,10H2,1-2H3. The zero-order valence-electron chi connectivity index (χ0n) is 11.5. The van der Waals surface area contributed by atoms with E-state index in [1.807, 2.05) is 6.92 Å². The van der Waals surface area contributed by atoms with Crippen molar-refractivity contribution in [3.05, 3.63) is 35.4 Å². The molecule has 0 saturated heterocycles. The van der Waals surface area contributed by atoms with Gasteiger partial charge in [-0.1, -0.05) is 6.07 Å². The maximum absolute atomic E-state index is 13.2. The lowest BCUT2D eigenvalue weighted by Gasteiger charge is -2.20. The summed E-state index contributed by atoms with van der Waals surface area (Å²) < 4.78 is 31.2. The van der Waals surface area contributed by atoms with Crippen molar-refractivity contribution in [1.29, 1.82) is 0 Å². The lowest BCUT2D eigenvalue weighted by Crippen LogP contribution is -2.27. The van der Waals surface area contributed by atoms with Gasteiger partial charge in [0, 0.05) is 26.3 Å². The fraction of sp³-hybridized carbons (Fsp3) is 0.600. The molecule has 1 aliphatic rings. The van der Waals surface area contributed by atoms with Gasteiger partial charge in [0.25, 0.3) is 0 Å². The minimum Gasteiger partial charge on any atom is -0.385 e. The quantitative estimate of drug-likeness (QED) is 0.818. The zero-order chi connectivity index (χ0) is 13.9. The van der Waals surface area contributed by atoms with Gasteiger partial charge in [-0.05, 0) is 49.3 Å². The number of benzene rings is 1. The first-order chi connectivity index (χ1) is 9.06. The van der Waals surface area contributed by atoms with E-state index in [0.29, 0.717) is 5.41 Å². The fourth-order valence-corrected chi connectivity index (χ4v) is 2.28. The monoisotopic (exact) mass is 269 g/mol. The molecule has 4 heteroatoms. The molecule has 1 aromatic rings. The molecule has 1 atom stereocenters. The smallest absolute Gasteiger partial charge is 0.159 e. The van der Waals surface area contributed by atoms with Gasteiger partial charge in [-0.2, -0.15) is 0 Å². The Morgan fingerprint density at radius 2 is 2.05 bits per heavy atom. The van der Waals surface area contributed by atoms with E-state index in [9.17, 15) is 8.78 Å². The van der Waals surface area contributed by atoms with Crippen LogP contribution in [0.5, 0.6) is 0 Å². The van der Waals surface area contributed by atoms with Crippen LogP contribution >= 0.6 is 0 Å². The molecule has 1 fully saturated rings. The Balaban J connectivity index is 1.87. The van der Waals surface area contributed by atoms with Crippen LogP contribution in [0.4, 0.5) is 8.78 Å². The van der Waals surface area contributed by atoms with Crippen LogP contribution < -0.4 is 5.32 Å². The summed E-state index contributed by atoms with van der Waals surface area (Å²) in [6.07, 6.45) is 3.49. The van der Waals surface area contributed by atoms with Gasteiger partial charge in [0.05, 0.1) is 0 Å². The highest BCUT2D eigenvalue weighted by molar-refractivity contribution is 5.20. The second-order valence-corrected chi connectivity index (χ2v) is 5.52. The highest BCUT2D eigenvalue weighted by Crippen LogP contribution is 2.48. The minimum atomic E-state index is -0.797. The second kappa shape index (κ2) is 5.97. The summed E-state index contributed by atoms with van der Waals surface area (Å²) in [6, 6.07) is 4.10. The second-order valence-electron chi connectivity index (χ2n) is 5.52. The van der Waals surface area contributed by atoms with Gasteiger partial charge >= 0.3 is 0 Å². The van der Waals surface area contributed by atoms with Gasteiger partial charge in [0.2, 0.25) is 0 Å². The molecule has 1 aliphatic carbocycles. The Morgan fingerprint density at radius 3 is 2.63 bits per heavy atom. The first-order valence-corrected chi connectivity index (χ1v) is 6.74. The molecule has 1 unspecified atom stereocenters. The number of hydrogen-bond acceptors (Lipinski definition) is 2. The molecule has 106 valence electrons. The maximum Gasteiger partial charge on any atom is 0.159 e. The van der Waals surface area contributed by atoms with Crippen molar-refractivity contribution in [2.45, 2.75) is 32.2 Å². The molecule has 0 spiro atoms. The van der Waals surface area contributed by atoms with Gasteiger partial charge < -0.3 is 10.1 Å².